The number of carbonyl (C=O) groups excluding carboxylic acids is 1. The van der Waals surface area contributed by atoms with Crippen LogP contribution in [0.25, 0.3) is 0 Å². The third-order valence-electron chi connectivity index (χ3n) is 2.36. The molecule has 0 aromatic carbocycles. The standard InChI is InChI=1S/C10H19NO6S/c1-2-3-11(10(12)8-18(13,14)15)4-5-16-6-9-7-17-9/h9H,2-8H2,1H3,(H,13,14,15). The van der Waals surface area contributed by atoms with E-state index in [2.05, 4.69) is 0 Å². The smallest absolute Gasteiger partial charge is 0.274 e. The summed E-state index contributed by atoms with van der Waals surface area (Å²) in [7, 11) is -4.27. The lowest BCUT2D eigenvalue weighted by molar-refractivity contribution is -0.129. The van der Waals surface area contributed by atoms with Gasteiger partial charge in [0.15, 0.2) is 5.75 Å². The molecule has 106 valence electrons. The van der Waals surface area contributed by atoms with Gasteiger partial charge in [-0.3, -0.25) is 9.35 Å². The van der Waals surface area contributed by atoms with Crippen molar-refractivity contribution in [3.63, 3.8) is 0 Å². The third-order valence-corrected chi connectivity index (χ3v) is 2.98. The van der Waals surface area contributed by atoms with Crippen LogP contribution in [0.1, 0.15) is 13.3 Å². The van der Waals surface area contributed by atoms with Gasteiger partial charge in [-0.1, -0.05) is 6.92 Å². The Labute approximate surface area is 107 Å². The van der Waals surface area contributed by atoms with Gasteiger partial charge >= 0.3 is 0 Å². The van der Waals surface area contributed by atoms with Crippen LogP contribution in [0.15, 0.2) is 0 Å². The summed E-state index contributed by atoms with van der Waals surface area (Å²) >= 11 is 0. The van der Waals surface area contributed by atoms with Crippen LogP contribution in [-0.4, -0.2) is 68.5 Å². The first-order chi connectivity index (χ1) is 8.42. The molecule has 0 bridgehead atoms. The highest BCUT2D eigenvalue weighted by molar-refractivity contribution is 7.86. The Kier molecular flexibility index (Phi) is 6.00. The van der Waals surface area contributed by atoms with Crippen LogP contribution in [0.3, 0.4) is 0 Å². The Morgan fingerprint density at radius 1 is 1.50 bits per heavy atom. The first-order valence-corrected chi connectivity index (χ1v) is 7.45. The Morgan fingerprint density at radius 3 is 2.67 bits per heavy atom. The summed E-state index contributed by atoms with van der Waals surface area (Å²) in [5, 5.41) is 0. The molecule has 1 amide bonds. The molecule has 1 unspecified atom stereocenters. The summed E-state index contributed by atoms with van der Waals surface area (Å²) in [6.45, 7) is 4.17. The van der Waals surface area contributed by atoms with Gasteiger partial charge in [-0.05, 0) is 6.42 Å². The average Bonchev–Trinajstić information content (AvgIpc) is 3.03. The molecule has 18 heavy (non-hydrogen) atoms. The maximum atomic E-state index is 11.6. The molecule has 0 aliphatic carbocycles. The van der Waals surface area contributed by atoms with Gasteiger partial charge in [-0.25, -0.2) is 0 Å². The fraction of sp³-hybridized carbons (Fsp3) is 0.900. The van der Waals surface area contributed by atoms with E-state index >= 15 is 0 Å². The molecule has 1 aliphatic heterocycles. The van der Waals surface area contributed by atoms with E-state index in [1.165, 1.54) is 4.90 Å². The minimum Gasteiger partial charge on any atom is -0.377 e. The summed E-state index contributed by atoms with van der Waals surface area (Å²) in [5.41, 5.74) is 0. The fourth-order valence-corrected chi connectivity index (χ4v) is 1.93. The minimum atomic E-state index is -4.27. The van der Waals surface area contributed by atoms with Gasteiger partial charge in [0.25, 0.3) is 10.1 Å². The summed E-state index contributed by atoms with van der Waals surface area (Å²) in [5.74, 6) is -1.48. The van der Waals surface area contributed by atoms with Crippen LogP contribution >= 0.6 is 0 Å². The number of hydrogen-bond donors (Lipinski definition) is 1. The van der Waals surface area contributed by atoms with E-state index in [1.807, 2.05) is 6.92 Å². The largest absolute Gasteiger partial charge is 0.377 e. The minimum absolute atomic E-state index is 0.165. The quantitative estimate of drug-likeness (QED) is 0.348. The van der Waals surface area contributed by atoms with Crippen molar-refractivity contribution in [2.45, 2.75) is 19.4 Å². The SMILES string of the molecule is CCCN(CCOCC1CO1)C(=O)CS(=O)(=O)O. The van der Waals surface area contributed by atoms with E-state index in [0.29, 0.717) is 39.3 Å². The van der Waals surface area contributed by atoms with Gasteiger partial charge in [0.05, 0.1) is 19.8 Å². The van der Waals surface area contributed by atoms with E-state index in [4.69, 9.17) is 14.0 Å². The molecule has 1 rings (SSSR count). The summed E-state index contributed by atoms with van der Waals surface area (Å²) in [6.07, 6.45) is 0.876. The van der Waals surface area contributed by atoms with Crippen molar-refractivity contribution in [2.24, 2.45) is 0 Å². The second kappa shape index (κ2) is 7.03. The lowest BCUT2D eigenvalue weighted by Gasteiger charge is -2.21. The molecule has 8 heteroatoms. The monoisotopic (exact) mass is 281 g/mol. The zero-order valence-electron chi connectivity index (χ0n) is 10.4. The van der Waals surface area contributed by atoms with Crippen LogP contribution in [0, 0.1) is 0 Å². The summed E-state index contributed by atoms with van der Waals surface area (Å²) < 4.78 is 40.2. The number of rotatable bonds is 9. The van der Waals surface area contributed by atoms with Crippen LogP contribution in [0.4, 0.5) is 0 Å². The van der Waals surface area contributed by atoms with Crippen LogP contribution in [-0.2, 0) is 24.4 Å². The van der Waals surface area contributed by atoms with Gasteiger partial charge in [0.2, 0.25) is 5.91 Å². The summed E-state index contributed by atoms with van der Waals surface area (Å²) in [4.78, 5) is 13.0. The molecule has 1 heterocycles. The highest BCUT2D eigenvalue weighted by Crippen LogP contribution is 2.08. The number of epoxide rings is 1. The zero-order valence-corrected chi connectivity index (χ0v) is 11.2. The molecule has 0 aromatic rings. The Morgan fingerprint density at radius 2 is 2.17 bits per heavy atom. The van der Waals surface area contributed by atoms with Gasteiger partial charge in [0, 0.05) is 13.1 Å². The first kappa shape index (κ1) is 15.4. The Bertz CT molecular complexity index is 365. The average molecular weight is 281 g/mol. The second-order valence-corrected chi connectivity index (χ2v) is 5.59. The van der Waals surface area contributed by atoms with Crippen LogP contribution in [0.5, 0.6) is 0 Å². The highest BCUT2D eigenvalue weighted by Gasteiger charge is 2.23. The molecule has 0 saturated carbocycles. The molecule has 1 aliphatic rings. The molecule has 1 fully saturated rings. The lowest BCUT2D eigenvalue weighted by Crippen LogP contribution is -2.38. The molecule has 0 radical (unpaired) electrons. The molecule has 1 atom stereocenters. The van der Waals surface area contributed by atoms with Crippen molar-refractivity contribution in [1.29, 1.82) is 0 Å². The topological polar surface area (TPSA) is 96.4 Å². The number of hydrogen-bond acceptors (Lipinski definition) is 5. The second-order valence-electron chi connectivity index (χ2n) is 4.14. The van der Waals surface area contributed by atoms with E-state index in [-0.39, 0.29) is 6.10 Å². The maximum absolute atomic E-state index is 11.6. The third kappa shape index (κ3) is 6.90. The van der Waals surface area contributed by atoms with E-state index in [9.17, 15) is 13.2 Å². The predicted molar refractivity (Wildman–Crippen MR) is 63.8 cm³/mol. The molecule has 0 aromatic heterocycles. The van der Waals surface area contributed by atoms with Crippen LogP contribution in [0.2, 0.25) is 0 Å². The first-order valence-electron chi connectivity index (χ1n) is 5.84. The van der Waals surface area contributed by atoms with Gasteiger partial charge in [-0.2, -0.15) is 8.42 Å². The van der Waals surface area contributed by atoms with Crippen molar-refractivity contribution in [3.05, 3.63) is 0 Å². The lowest BCUT2D eigenvalue weighted by atomic mass is 10.4. The van der Waals surface area contributed by atoms with E-state index in [0.717, 1.165) is 0 Å². The van der Waals surface area contributed by atoms with Gasteiger partial charge in [0.1, 0.15) is 6.10 Å². The van der Waals surface area contributed by atoms with Crippen molar-refractivity contribution in [1.82, 2.24) is 4.90 Å². The maximum Gasteiger partial charge on any atom is 0.274 e. The number of ether oxygens (including phenoxy) is 2. The number of nitrogens with zero attached hydrogens (tertiary/aromatic N) is 1. The molecular formula is C10H19NO6S. The van der Waals surface area contributed by atoms with E-state index in [1.54, 1.807) is 0 Å². The predicted octanol–water partition coefficient (Wildman–Crippen LogP) is -0.472. The highest BCUT2D eigenvalue weighted by atomic mass is 32.2. The fourth-order valence-electron chi connectivity index (χ4n) is 1.43. The van der Waals surface area contributed by atoms with Crippen molar-refractivity contribution < 1.29 is 27.2 Å². The summed E-state index contributed by atoms with van der Waals surface area (Å²) in [6, 6.07) is 0. The Balaban J connectivity index is 2.29. The van der Waals surface area contributed by atoms with Gasteiger partial charge < -0.3 is 14.4 Å². The molecular weight excluding hydrogens is 262 g/mol. The van der Waals surface area contributed by atoms with E-state index < -0.39 is 21.8 Å². The normalized spacial score (nSPS) is 18.7. The van der Waals surface area contributed by atoms with Crippen molar-refractivity contribution >= 4 is 16.0 Å². The Hall–Kier alpha value is -0.700. The zero-order chi connectivity index (χ0) is 13.6. The molecule has 0 spiro atoms. The molecule has 7 nitrogen and oxygen atoms in total. The molecule has 1 saturated heterocycles. The van der Waals surface area contributed by atoms with Crippen LogP contribution < -0.4 is 0 Å². The van der Waals surface area contributed by atoms with Crippen molar-refractivity contribution in [2.75, 3.05) is 38.7 Å². The van der Waals surface area contributed by atoms with Gasteiger partial charge in [-0.15, -0.1) is 0 Å². The number of carbonyl (C=O) groups is 1. The van der Waals surface area contributed by atoms with Crippen molar-refractivity contribution in [3.8, 4) is 0 Å². The molecule has 1 N–H and O–H groups in total. The number of amides is 1.